The van der Waals surface area contributed by atoms with Crippen LogP contribution in [0.15, 0.2) is 72.8 Å². The number of nitrogens with zero attached hydrogens (tertiary/aromatic N) is 1. The van der Waals surface area contributed by atoms with Gasteiger partial charge in [0.2, 0.25) is 5.91 Å². The van der Waals surface area contributed by atoms with Crippen LogP contribution < -0.4 is 19.7 Å². The lowest BCUT2D eigenvalue weighted by atomic mass is 9.75. The average molecular weight is 489 g/mol. The second-order valence-electron chi connectivity index (χ2n) is 9.43. The molecule has 1 atom stereocenters. The maximum atomic E-state index is 12.5. The van der Waals surface area contributed by atoms with Gasteiger partial charge in [-0.05, 0) is 60.0 Å². The molecule has 0 bridgehead atoms. The summed E-state index contributed by atoms with van der Waals surface area (Å²) >= 11 is 5.98. The number of hydrogen-bond acceptors (Lipinski definition) is 4. The predicted octanol–water partition coefficient (Wildman–Crippen LogP) is 5.95. The van der Waals surface area contributed by atoms with Crippen LogP contribution in [0.1, 0.15) is 37.5 Å². The molecule has 3 aromatic rings. The minimum absolute atomic E-state index is 0.0261. The largest absolute Gasteiger partial charge is 0.490 e. The Bertz CT molecular complexity index is 1290. The number of rotatable bonds is 7. The molecule has 0 spiro atoms. The van der Waals surface area contributed by atoms with Crippen molar-refractivity contribution in [1.29, 1.82) is 0 Å². The Balaban J connectivity index is 1.43. The molecular weight excluding hydrogens is 460 g/mol. The molecule has 0 aliphatic carbocycles. The quantitative estimate of drug-likeness (QED) is 0.446. The average Bonchev–Trinajstić information content (AvgIpc) is 3.28. The first kappa shape index (κ1) is 23.3. The van der Waals surface area contributed by atoms with Crippen molar-refractivity contribution in [3.63, 3.8) is 0 Å². The highest BCUT2D eigenvalue weighted by Crippen LogP contribution is 2.52. The van der Waals surface area contributed by atoms with Crippen molar-refractivity contribution < 1.29 is 14.3 Å². The van der Waals surface area contributed by atoms with Gasteiger partial charge in [0.15, 0.2) is 11.5 Å². The summed E-state index contributed by atoms with van der Waals surface area (Å²) in [5, 5.41) is 3.96. The van der Waals surface area contributed by atoms with Gasteiger partial charge in [-0.15, -0.1) is 0 Å². The van der Waals surface area contributed by atoms with Crippen LogP contribution in [0, 0.1) is 0 Å². The van der Waals surface area contributed by atoms with Crippen LogP contribution in [0.2, 0.25) is 5.02 Å². The van der Waals surface area contributed by atoms with Gasteiger partial charge >= 0.3 is 0 Å². The van der Waals surface area contributed by atoms with Crippen LogP contribution in [-0.4, -0.2) is 24.7 Å². The van der Waals surface area contributed by atoms with Gasteiger partial charge < -0.3 is 19.7 Å². The van der Waals surface area contributed by atoms with Crippen molar-refractivity contribution in [2.24, 2.45) is 0 Å². The Hall–Kier alpha value is -3.44. The summed E-state index contributed by atoms with van der Waals surface area (Å²) in [7, 11) is 0. The molecule has 0 aromatic heterocycles. The highest BCUT2D eigenvalue weighted by atomic mass is 35.5. The molecule has 1 fully saturated rings. The summed E-state index contributed by atoms with van der Waals surface area (Å²) in [6.07, 6.45) is 4.16. The number of anilines is 1. The molecule has 0 radical (unpaired) electrons. The van der Waals surface area contributed by atoms with Crippen molar-refractivity contribution in [2.75, 3.05) is 18.1 Å². The van der Waals surface area contributed by atoms with Gasteiger partial charge in [-0.2, -0.15) is 0 Å². The minimum Gasteiger partial charge on any atom is -0.490 e. The molecule has 6 heteroatoms. The van der Waals surface area contributed by atoms with Crippen LogP contribution in [0.3, 0.4) is 0 Å². The molecule has 2 heterocycles. The van der Waals surface area contributed by atoms with Crippen molar-refractivity contribution in [2.45, 2.75) is 38.5 Å². The molecule has 2 aliphatic rings. The number of benzene rings is 3. The molecule has 2 aliphatic heterocycles. The molecule has 1 amide bonds. The molecule has 1 saturated heterocycles. The molecule has 180 valence electrons. The lowest BCUT2D eigenvalue weighted by Gasteiger charge is -2.40. The monoisotopic (exact) mass is 488 g/mol. The van der Waals surface area contributed by atoms with Gasteiger partial charge in [-0.1, -0.05) is 67.9 Å². The van der Waals surface area contributed by atoms with Crippen LogP contribution >= 0.6 is 11.6 Å². The fourth-order valence-electron chi connectivity index (χ4n) is 5.11. The maximum absolute atomic E-state index is 12.5. The van der Waals surface area contributed by atoms with E-state index in [1.807, 2.05) is 55.5 Å². The lowest BCUT2D eigenvalue weighted by molar-refractivity contribution is -0.118. The van der Waals surface area contributed by atoms with Crippen molar-refractivity contribution in [1.82, 2.24) is 5.32 Å². The SMILES string of the molecule is CCOc1cc(/C=C/[C@@]23NC(=O)CN2c2ccccc2C3(C)C)ccc1OCc1ccc(Cl)cc1. The first-order chi connectivity index (χ1) is 16.8. The first-order valence-corrected chi connectivity index (χ1v) is 12.2. The summed E-state index contributed by atoms with van der Waals surface area (Å²) in [5.74, 6) is 1.39. The van der Waals surface area contributed by atoms with Gasteiger partial charge in [0.1, 0.15) is 12.3 Å². The smallest absolute Gasteiger partial charge is 0.241 e. The Morgan fingerprint density at radius 2 is 1.80 bits per heavy atom. The number of para-hydroxylation sites is 1. The van der Waals surface area contributed by atoms with Crippen molar-refractivity contribution in [3.05, 3.63) is 94.5 Å². The number of hydrogen-bond donors (Lipinski definition) is 1. The summed E-state index contributed by atoms with van der Waals surface area (Å²) in [6.45, 7) is 7.60. The van der Waals surface area contributed by atoms with E-state index < -0.39 is 5.66 Å². The predicted molar refractivity (Wildman–Crippen MR) is 140 cm³/mol. The number of ether oxygens (including phenoxy) is 2. The molecule has 1 N–H and O–H groups in total. The van der Waals surface area contributed by atoms with Crippen LogP contribution in [0.5, 0.6) is 11.5 Å². The number of amides is 1. The molecule has 5 rings (SSSR count). The fraction of sp³-hybridized carbons (Fsp3) is 0.276. The first-order valence-electron chi connectivity index (χ1n) is 11.9. The van der Waals surface area contributed by atoms with Gasteiger partial charge in [0.25, 0.3) is 0 Å². The van der Waals surface area contributed by atoms with E-state index in [4.69, 9.17) is 21.1 Å². The number of carbonyl (C=O) groups is 1. The maximum Gasteiger partial charge on any atom is 0.241 e. The van der Waals surface area contributed by atoms with E-state index in [2.05, 4.69) is 54.4 Å². The zero-order chi connectivity index (χ0) is 24.6. The third-order valence-corrected chi connectivity index (χ3v) is 7.22. The second-order valence-corrected chi connectivity index (χ2v) is 9.87. The van der Waals surface area contributed by atoms with Crippen molar-refractivity contribution >= 4 is 29.3 Å². The van der Waals surface area contributed by atoms with Crippen LogP contribution in [0.25, 0.3) is 6.08 Å². The number of fused-ring (bicyclic) bond motifs is 3. The molecule has 0 unspecified atom stereocenters. The normalized spacial score (nSPS) is 20.0. The topological polar surface area (TPSA) is 50.8 Å². The highest BCUT2D eigenvalue weighted by molar-refractivity contribution is 6.30. The van der Waals surface area contributed by atoms with E-state index in [9.17, 15) is 4.79 Å². The Labute approximate surface area is 211 Å². The van der Waals surface area contributed by atoms with E-state index in [0.29, 0.717) is 36.3 Å². The molecule has 5 nitrogen and oxygen atoms in total. The van der Waals surface area contributed by atoms with E-state index in [1.165, 1.54) is 5.56 Å². The molecule has 3 aromatic carbocycles. The number of nitrogens with one attached hydrogen (secondary N) is 1. The van der Waals surface area contributed by atoms with E-state index in [-0.39, 0.29) is 11.3 Å². The minimum atomic E-state index is -0.636. The molecule has 35 heavy (non-hydrogen) atoms. The molecular formula is C29H29ClN2O3. The standard InChI is InChI=1S/C29H29ClN2O3/c1-4-34-26-17-20(11-14-25(26)35-19-21-9-12-22(30)13-10-21)15-16-29-28(2,3)23-7-5-6-8-24(23)32(29)18-27(33)31-29/h5-17H,4,18-19H2,1-3H3,(H,31,33)/b16-15+/t29-/m1/s1. The lowest BCUT2D eigenvalue weighted by Crippen LogP contribution is -2.58. The van der Waals surface area contributed by atoms with E-state index in [0.717, 1.165) is 16.8 Å². The number of halogens is 1. The molecule has 0 saturated carbocycles. The van der Waals surface area contributed by atoms with Crippen LogP contribution in [0.4, 0.5) is 5.69 Å². The zero-order valence-corrected chi connectivity index (χ0v) is 20.9. The van der Waals surface area contributed by atoms with Crippen molar-refractivity contribution in [3.8, 4) is 11.5 Å². The third-order valence-electron chi connectivity index (χ3n) is 6.97. The Morgan fingerprint density at radius 3 is 2.57 bits per heavy atom. The second kappa shape index (κ2) is 8.97. The van der Waals surface area contributed by atoms with E-state index >= 15 is 0 Å². The summed E-state index contributed by atoms with van der Waals surface area (Å²) in [4.78, 5) is 14.7. The highest BCUT2D eigenvalue weighted by Gasteiger charge is 2.59. The number of carbonyl (C=O) groups excluding carboxylic acids is 1. The van der Waals surface area contributed by atoms with E-state index in [1.54, 1.807) is 0 Å². The summed E-state index contributed by atoms with van der Waals surface area (Å²) < 4.78 is 11.9. The third kappa shape index (κ3) is 4.04. The zero-order valence-electron chi connectivity index (χ0n) is 20.2. The van der Waals surface area contributed by atoms with Gasteiger partial charge in [-0.3, -0.25) is 4.79 Å². The van der Waals surface area contributed by atoms with Gasteiger partial charge in [0, 0.05) is 16.1 Å². The van der Waals surface area contributed by atoms with Gasteiger partial charge in [-0.25, -0.2) is 0 Å². The van der Waals surface area contributed by atoms with Gasteiger partial charge in [0.05, 0.1) is 13.2 Å². The Morgan fingerprint density at radius 1 is 1.03 bits per heavy atom. The van der Waals surface area contributed by atoms with Crippen LogP contribution in [-0.2, 0) is 16.8 Å². The summed E-state index contributed by atoms with van der Waals surface area (Å²) in [5.41, 5.74) is 3.38. The Kier molecular flexibility index (Phi) is 5.97. The summed E-state index contributed by atoms with van der Waals surface area (Å²) in [6, 6.07) is 21.8. The fourth-order valence-corrected chi connectivity index (χ4v) is 5.24.